The van der Waals surface area contributed by atoms with Crippen molar-refractivity contribution in [3.8, 4) is 0 Å². The van der Waals surface area contributed by atoms with Crippen LogP contribution in [0, 0.1) is 12.7 Å². The van der Waals surface area contributed by atoms with E-state index < -0.39 is 5.91 Å². The highest BCUT2D eigenvalue weighted by Gasteiger charge is 2.31. The van der Waals surface area contributed by atoms with Crippen molar-refractivity contribution >= 4 is 28.6 Å². The number of rotatable bonds is 8. The number of carbonyl (C=O) groups excluding carboxylic acids is 3. The number of primary amides is 1. The van der Waals surface area contributed by atoms with E-state index in [-0.39, 0.29) is 49.0 Å². The van der Waals surface area contributed by atoms with Gasteiger partial charge in [-0.3, -0.25) is 19.1 Å². The Morgan fingerprint density at radius 1 is 1.18 bits per heavy atom. The second-order valence-corrected chi connectivity index (χ2v) is 8.32. The standard InChI is InChI=1S/C24H26FN5O3/c1-15-6-4-7-16(22(15)25)12-27-20(31)13-29(17-8-5-9-17)21(32)14-30-19-11-3-2-10-18(19)23(28-30)24(26)33/h2-4,6-7,10-11,17H,5,8-9,12-14H2,1H3,(H2,26,33)(H,27,31). The van der Waals surface area contributed by atoms with Crippen LogP contribution in [0.3, 0.4) is 0 Å². The number of amides is 3. The zero-order valence-electron chi connectivity index (χ0n) is 18.4. The molecule has 0 saturated heterocycles. The predicted octanol–water partition coefficient (Wildman–Crippen LogP) is 2.28. The third kappa shape index (κ3) is 4.72. The Bertz CT molecular complexity index is 1220. The summed E-state index contributed by atoms with van der Waals surface area (Å²) in [4.78, 5) is 39.1. The smallest absolute Gasteiger partial charge is 0.269 e. The fourth-order valence-corrected chi connectivity index (χ4v) is 4.02. The first-order chi connectivity index (χ1) is 15.8. The van der Waals surface area contributed by atoms with E-state index in [0.29, 0.717) is 22.0 Å². The number of para-hydroxylation sites is 1. The molecular weight excluding hydrogens is 425 g/mol. The molecule has 1 heterocycles. The molecule has 1 aliphatic carbocycles. The van der Waals surface area contributed by atoms with E-state index in [2.05, 4.69) is 10.4 Å². The van der Waals surface area contributed by atoms with Crippen LogP contribution in [0.5, 0.6) is 0 Å². The Kier molecular flexibility index (Phi) is 6.39. The van der Waals surface area contributed by atoms with Gasteiger partial charge in [0.2, 0.25) is 11.8 Å². The van der Waals surface area contributed by atoms with Crippen LogP contribution < -0.4 is 11.1 Å². The Morgan fingerprint density at radius 2 is 1.94 bits per heavy atom. The zero-order valence-corrected chi connectivity index (χ0v) is 18.4. The lowest BCUT2D eigenvalue weighted by atomic mass is 9.91. The fourth-order valence-electron chi connectivity index (χ4n) is 4.02. The van der Waals surface area contributed by atoms with Crippen LogP contribution in [0.15, 0.2) is 42.5 Å². The van der Waals surface area contributed by atoms with Crippen molar-refractivity contribution in [1.82, 2.24) is 20.0 Å². The molecule has 1 aliphatic rings. The van der Waals surface area contributed by atoms with Gasteiger partial charge in [0, 0.05) is 23.5 Å². The summed E-state index contributed by atoms with van der Waals surface area (Å²) in [5.74, 6) is -1.66. The Labute approximate surface area is 190 Å². The van der Waals surface area contributed by atoms with Gasteiger partial charge in [0.1, 0.15) is 12.4 Å². The number of halogens is 1. The number of nitrogens with two attached hydrogens (primary N) is 1. The molecule has 0 aliphatic heterocycles. The average Bonchev–Trinajstić information content (AvgIpc) is 3.12. The molecule has 1 saturated carbocycles. The van der Waals surface area contributed by atoms with Crippen molar-refractivity contribution in [2.45, 2.75) is 45.3 Å². The molecule has 33 heavy (non-hydrogen) atoms. The van der Waals surface area contributed by atoms with E-state index in [4.69, 9.17) is 5.73 Å². The van der Waals surface area contributed by atoms with Gasteiger partial charge in [-0.15, -0.1) is 0 Å². The van der Waals surface area contributed by atoms with Gasteiger partial charge in [0.25, 0.3) is 5.91 Å². The second kappa shape index (κ2) is 9.40. The molecule has 4 rings (SSSR count). The lowest BCUT2D eigenvalue weighted by molar-refractivity contribution is -0.140. The van der Waals surface area contributed by atoms with Gasteiger partial charge >= 0.3 is 0 Å². The molecule has 0 spiro atoms. The predicted molar refractivity (Wildman–Crippen MR) is 121 cm³/mol. The lowest BCUT2D eigenvalue weighted by Gasteiger charge is -2.37. The maximum atomic E-state index is 14.2. The van der Waals surface area contributed by atoms with Crippen LogP contribution in [-0.4, -0.2) is 45.0 Å². The molecule has 0 radical (unpaired) electrons. The number of aryl methyl sites for hydroxylation is 1. The third-order valence-corrected chi connectivity index (χ3v) is 6.07. The molecular formula is C24H26FN5O3. The maximum Gasteiger partial charge on any atom is 0.269 e. The van der Waals surface area contributed by atoms with Crippen LogP contribution in [0.1, 0.15) is 40.9 Å². The number of nitrogens with one attached hydrogen (secondary N) is 1. The summed E-state index contributed by atoms with van der Waals surface area (Å²) in [6.07, 6.45) is 2.62. The third-order valence-electron chi connectivity index (χ3n) is 6.07. The van der Waals surface area contributed by atoms with Crippen molar-refractivity contribution in [3.05, 3.63) is 65.1 Å². The van der Waals surface area contributed by atoms with Gasteiger partial charge in [-0.25, -0.2) is 4.39 Å². The molecule has 3 aromatic rings. The number of fused-ring (bicyclic) bond motifs is 1. The highest BCUT2D eigenvalue weighted by molar-refractivity contribution is 6.04. The van der Waals surface area contributed by atoms with Crippen LogP contribution in [0.2, 0.25) is 0 Å². The minimum Gasteiger partial charge on any atom is -0.364 e. The number of hydrogen-bond acceptors (Lipinski definition) is 4. The van der Waals surface area contributed by atoms with E-state index in [1.165, 1.54) is 4.68 Å². The maximum absolute atomic E-state index is 14.2. The molecule has 3 N–H and O–H groups in total. The van der Waals surface area contributed by atoms with Crippen molar-refractivity contribution in [2.24, 2.45) is 5.73 Å². The van der Waals surface area contributed by atoms with Crippen molar-refractivity contribution in [2.75, 3.05) is 6.54 Å². The molecule has 3 amide bonds. The van der Waals surface area contributed by atoms with Gasteiger partial charge in [-0.05, 0) is 37.8 Å². The number of carbonyl (C=O) groups is 3. The molecule has 0 atom stereocenters. The molecule has 0 unspecified atom stereocenters. The number of hydrogen-bond donors (Lipinski definition) is 2. The van der Waals surface area contributed by atoms with Crippen LogP contribution in [-0.2, 0) is 22.7 Å². The average molecular weight is 452 g/mol. The Morgan fingerprint density at radius 3 is 2.64 bits per heavy atom. The van der Waals surface area contributed by atoms with Crippen molar-refractivity contribution < 1.29 is 18.8 Å². The van der Waals surface area contributed by atoms with E-state index in [1.54, 1.807) is 54.3 Å². The van der Waals surface area contributed by atoms with Crippen LogP contribution in [0.4, 0.5) is 4.39 Å². The summed E-state index contributed by atoms with van der Waals surface area (Å²) in [6.45, 7) is 1.47. The first-order valence-electron chi connectivity index (χ1n) is 10.9. The normalized spacial score (nSPS) is 13.5. The summed E-state index contributed by atoms with van der Waals surface area (Å²) >= 11 is 0. The fraction of sp³-hybridized carbons (Fsp3) is 0.333. The number of aromatic nitrogens is 2. The SMILES string of the molecule is Cc1cccc(CNC(=O)CN(C(=O)Cn2nc(C(N)=O)c3ccccc32)C2CCC2)c1F. The van der Waals surface area contributed by atoms with E-state index in [0.717, 1.165) is 19.3 Å². The Hall–Kier alpha value is -3.75. The van der Waals surface area contributed by atoms with Gasteiger partial charge in [0.15, 0.2) is 5.69 Å². The molecule has 172 valence electrons. The monoisotopic (exact) mass is 451 g/mol. The van der Waals surface area contributed by atoms with Crippen LogP contribution in [0.25, 0.3) is 10.9 Å². The van der Waals surface area contributed by atoms with Crippen molar-refractivity contribution in [3.63, 3.8) is 0 Å². The summed E-state index contributed by atoms with van der Waals surface area (Å²) in [5, 5.41) is 7.53. The van der Waals surface area contributed by atoms with Gasteiger partial charge in [0.05, 0.1) is 12.1 Å². The first kappa shape index (κ1) is 22.4. The Balaban J connectivity index is 1.47. The number of nitrogens with zero attached hydrogens (tertiary/aromatic N) is 3. The molecule has 1 fully saturated rings. The number of benzene rings is 2. The highest BCUT2D eigenvalue weighted by Crippen LogP contribution is 2.25. The van der Waals surface area contributed by atoms with Gasteiger partial charge in [-0.2, -0.15) is 5.10 Å². The first-order valence-corrected chi connectivity index (χ1v) is 10.9. The highest BCUT2D eigenvalue weighted by atomic mass is 19.1. The summed E-state index contributed by atoms with van der Waals surface area (Å²) in [7, 11) is 0. The summed E-state index contributed by atoms with van der Waals surface area (Å²) in [6, 6.07) is 12.0. The van der Waals surface area contributed by atoms with Gasteiger partial charge < -0.3 is 16.0 Å². The van der Waals surface area contributed by atoms with Gasteiger partial charge in [-0.1, -0.05) is 36.4 Å². The zero-order chi connectivity index (χ0) is 23.5. The van der Waals surface area contributed by atoms with E-state index in [9.17, 15) is 18.8 Å². The topological polar surface area (TPSA) is 110 Å². The molecule has 9 heteroatoms. The minimum absolute atomic E-state index is 0.0311. The quantitative estimate of drug-likeness (QED) is 0.547. The summed E-state index contributed by atoms with van der Waals surface area (Å²) in [5.41, 5.74) is 7.07. The largest absolute Gasteiger partial charge is 0.364 e. The van der Waals surface area contributed by atoms with E-state index >= 15 is 0 Å². The second-order valence-electron chi connectivity index (χ2n) is 8.32. The molecule has 1 aromatic heterocycles. The molecule has 8 nitrogen and oxygen atoms in total. The summed E-state index contributed by atoms with van der Waals surface area (Å²) < 4.78 is 15.7. The minimum atomic E-state index is -0.670. The van der Waals surface area contributed by atoms with Crippen LogP contribution >= 0.6 is 0 Å². The molecule has 0 bridgehead atoms. The van der Waals surface area contributed by atoms with Crippen molar-refractivity contribution in [1.29, 1.82) is 0 Å². The lowest BCUT2D eigenvalue weighted by Crippen LogP contribution is -2.50. The van der Waals surface area contributed by atoms with E-state index in [1.807, 2.05) is 0 Å². The molecule has 2 aromatic carbocycles.